The normalized spacial score (nSPS) is 20.1. The zero-order valence-electron chi connectivity index (χ0n) is 12.5. The van der Waals surface area contributed by atoms with Gasteiger partial charge >= 0.3 is 0 Å². The van der Waals surface area contributed by atoms with Crippen LogP contribution in [0.25, 0.3) is 0 Å². The van der Waals surface area contributed by atoms with Crippen LogP contribution in [0.3, 0.4) is 0 Å². The van der Waals surface area contributed by atoms with Crippen molar-refractivity contribution in [3.8, 4) is 0 Å². The lowest BCUT2D eigenvalue weighted by Gasteiger charge is -2.36. The van der Waals surface area contributed by atoms with Crippen LogP contribution in [0.5, 0.6) is 0 Å². The van der Waals surface area contributed by atoms with Crippen LogP contribution in [0.1, 0.15) is 33.6 Å². The van der Waals surface area contributed by atoms with Crippen molar-refractivity contribution < 1.29 is 9.53 Å². The minimum Gasteiger partial charge on any atom is -0.378 e. The summed E-state index contributed by atoms with van der Waals surface area (Å²) in [7, 11) is 3.63. The van der Waals surface area contributed by atoms with Gasteiger partial charge in [-0.3, -0.25) is 9.69 Å². The minimum atomic E-state index is -0.00829. The summed E-state index contributed by atoms with van der Waals surface area (Å²) in [6.07, 6.45) is 2.46. The number of piperidine rings is 1. The molecular formula is C14H28N2O2. The molecule has 0 spiro atoms. The van der Waals surface area contributed by atoms with Gasteiger partial charge in [0.1, 0.15) is 0 Å². The maximum atomic E-state index is 11.9. The minimum absolute atomic E-state index is 0.00829. The molecule has 4 heteroatoms. The third-order valence-corrected chi connectivity index (χ3v) is 3.49. The van der Waals surface area contributed by atoms with Crippen molar-refractivity contribution in [3.63, 3.8) is 0 Å². The molecule has 1 aliphatic rings. The second-order valence-electron chi connectivity index (χ2n) is 5.87. The van der Waals surface area contributed by atoms with Crippen LogP contribution in [-0.4, -0.2) is 61.6 Å². The highest BCUT2D eigenvalue weighted by molar-refractivity contribution is 5.80. The molecule has 1 heterocycles. The summed E-state index contributed by atoms with van der Waals surface area (Å²) in [5.74, 6) is 0.786. The highest BCUT2D eigenvalue weighted by Crippen LogP contribution is 2.17. The molecule has 0 aromatic rings. The molecule has 1 rings (SSSR count). The Morgan fingerprint density at radius 1 is 1.28 bits per heavy atom. The van der Waals surface area contributed by atoms with Gasteiger partial charge in [-0.25, -0.2) is 0 Å². The van der Waals surface area contributed by atoms with E-state index in [1.165, 1.54) is 0 Å². The van der Waals surface area contributed by atoms with E-state index in [9.17, 15) is 4.79 Å². The average molecular weight is 256 g/mol. The zero-order valence-corrected chi connectivity index (χ0v) is 12.5. The van der Waals surface area contributed by atoms with Crippen LogP contribution < -0.4 is 0 Å². The van der Waals surface area contributed by atoms with Crippen LogP contribution in [0, 0.1) is 5.92 Å². The molecule has 1 amide bonds. The summed E-state index contributed by atoms with van der Waals surface area (Å²) in [5, 5.41) is 0. The standard InChI is InChI=1S/C14H28N2O2/c1-11(2)10-18-13-6-8-16(9-7-13)12(3)14(17)15(4)5/h11-13H,6-10H2,1-5H3. The monoisotopic (exact) mass is 256 g/mol. The van der Waals surface area contributed by atoms with Gasteiger partial charge < -0.3 is 9.64 Å². The van der Waals surface area contributed by atoms with Crippen molar-refractivity contribution in [1.82, 2.24) is 9.80 Å². The highest BCUT2D eigenvalue weighted by atomic mass is 16.5. The summed E-state index contributed by atoms with van der Waals surface area (Å²) in [6.45, 7) is 9.11. The van der Waals surface area contributed by atoms with E-state index >= 15 is 0 Å². The maximum Gasteiger partial charge on any atom is 0.239 e. The molecule has 1 fully saturated rings. The molecule has 0 aromatic carbocycles. The lowest BCUT2D eigenvalue weighted by Crippen LogP contribution is -2.49. The molecule has 0 N–H and O–H groups in total. The fourth-order valence-corrected chi connectivity index (χ4v) is 2.29. The number of hydrogen-bond acceptors (Lipinski definition) is 3. The fourth-order valence-electron chi connectivity index (χ4n) is 2.29. The Hall–Kier alpha value is -0.610. The SMILES string of the molecule is CC(C)COC1CCN(C(C)C(=O)N(C)C)CC1. The summed E-state index contributed by atoms with van der Waals surface area (Å²) in [6, 6.07) is -0.00829. The van der Waals surface area contributed by atoms with Gasteiger partial charge in [0.15, 0.2) is 0 Å². The molecule has 0 bridgehead atoms. The largest absolute Gasteiger partial charge is 0.378 e. The molecule has 4 nitrogen and oxygen atoms in total. The zero-order chi connectivity index (χ0) is 13.7. The number of rotatable bonds is 5. The topological polar surface area (TPSA) is 32.8 Å². The molecule has 106 valence electrons. The molecule has 0 aliphatic carbocycles. The van der Waals surface area contributed by atoms with Gasteiger partial charge in [0.25, 0.3) is 0 Å². The second kappa shape index (κ2) is 7.10. The number of ether oxygens (including phenoxy) is 1. The molecule has 0 aromatic heterocycles. The van der Waals surface area contributed by atoms with Gasteiger partial charge in [-0.1, -0.05) is 13.8 Å². The lowest BCUT2D eigenvalue weighted by molar-refractivity contribution is -0.135. The molecule has 1 saturated heterocycles. The van der Waals surface area contributed by atoms with Gasteiger partial charge in [-0.15, -0.1) is 0 Å². The van der Waals surface area contributed by atoms with Gasteiger partial charge in [0.05, 0.1) is 12.1 Å². The summed E-state index contributed by atoms with van der Waals surface area (Å²) in [5.41, 5.74) is 0. The Kier molecular flexibility index (Phi) is 6.09. The molecular weight excluding hydrogens is 228 g/mol. The quantitative estimate of drug-likeness (QED) is 0.749. The number of likely N-dealkylation sites (N-methyl/N-ethyl adjacent to an activating group) is 1. The second-order valence-corrected chi connectivity index (χ2v) is 5.87. The van der Waals surface area contributed by atoms with E-state index in [-0.39, 0.29) is 11.9 Å². The van der Waals surface area contributed by atoms with Gasteiger partial charge in [-0.05, 0) is 25.7 Å². The lowest BCUT2D eigenvalue weighted by atomic mass is 10.1. The maximum absolute atomic E-state index is 11.9. The van der Waals surface area contributed by atoms with Gasteiger partial charge in [0.2, 0.25) is 5.91 Å². The van der Waals surface area contributed by atoms with Crippen LogP contribution in [0.4, 0.5) is 0 Å². The Morgan fingerprint density at radius 2 is 1.83 bits per heavy atom. The third-order valence-electron chi connectivity index (χ3n) is 3.49. The smallest absolute Gasteiger partial charge is 0.239 e. The van der Waals surface area contributed by atoms with Crippen LogP contribution in [0.15, 0.2) is 0 Å². The predicted octanol–water partition coefficient (Wildman–Crippen LogP) is 1.60. The molecule has 1 unspecified atom stereocenters. The number of nitrogens with zero attached hydrogens (tertiary/aromatic N) is 2. The van der Waals surface area contributed by atoms with E-state index in [4.69, 9.17) is 4.74 Å². The summed E-state index contributed by atoms with van der Waals surface area (Å²) >= 11 is 0. The van der Waals surface area contributed by atoms with Crippen molar-refractivity contribution in [2.75, 3.05) is 33.8 Å². The molecule has 0 radical (unpaired) electrons. The third kappa shape index (κ3) is 4.58. The number of carbonyl (C=O) groups is 1. The Balaban J connectivity index is 2.32. The van der Waals surface area contributed by atoms with Crippen LogP contribution in [-0.2, 0) is 9.53 Å². The summed E-state index contributed by atoms with van der Waals surface area (Å²) < 4.78 is 5.86. The van der Waals surface area contributed by atoms with E-state index in [1.807, 2.05) is 21.0 Å². The first-order valence-corrected chi connectivity index (χ1v) is 6.98. The number of likely N-dealkylation sites (tertiary alicyclic amines) is 1. The molecule has 1 atom stereocenters. The van der Waals surface area contributed by atoms with Crippen molar-refractivity contribution in [2.24, 2.45) is 5.92 Å². The van der Waals surface area contributed by atoms with E-state index < -0.39 is 0 Å². The van der Waals surface area contributed by atoms with Crippen molar-refractivity contribution in [3.05, 3.63) is 0 Å². The van der Waals surface area contributed by atoms with Crippen LogP contribution in [0.2, 0.25) is 0 Å². The Morgan fingerprint density at radius 3 is 2.28 bits per heavy atom. The van der Waals surface area contributed by atoms with Crippen LogP contribution >= 0.6 is 0 Å². The average Bonchev–Trinajstić information content (AvgIpc) is 2.35. The number of carbonyl (C=O) groups excluding carboxylic acids is 1. The van der Waals surface area contributed by atoms with Crippen molar-refractivity contribution in [1.29, 1.82) is 0 Å². The fraction of sp³-hybridized carbons (Fsp3) is 0.929. The molecule has 1 aliphatic heterocycles. The number of amides is 1. The highest BCUT2D eigenvalue weighted by Gasteiger charge is 2.27. The molecule has 18 heavy (non-hydrogen) atoms. The predicted molar refractivity (Wildman–Crippen MR) is 73.5 cm³/mol. The number of hydrogen-bond donors (Lipinski definition) is 0. The van der Waals surface area contributed by atoms with Gasteiger partial charge in [-0.2, -0.15) is 0 Å². The first-order chi connectivity index (χ1) is 8.41. The first-order valence-electron chi connectivity index (χ1n) is 6.98. The van der Waals surface area contributed by atoms with Gasteiger partial charge in [0, 0.05) is 33.8 Å². The van der Waals surface area contributed by atoms with E-state index in [0.29, 0.717) is 12.0 Å². The van der Waals surface area contributed by atoms with E-state index in [2.05, 4.69) is 18.7 Å². The first kappa shape index (κ1) is 15.4. The Labute approximate surface area is 111 Å². The summed E-state index contributed by atoms with van der Waals surface area (Å²) in [4.78, 5) is 15.8. The molecule has 0 saturated carbocycles. The van der Waals surface area contributed by atoms with Crippen molar-refractivity contribution >= 4 is 5.91 Å². The van der Waals surface area contributed by atoms with E-state index in [0.717, 1.165) is 32.5 Å². The van der Waals surface area contributed by atoms with E-state index in [1.54, 1.807) is 4.90 Å². The Bertz CT molecular complexity index is 259. The van der Waals surface area contributed by atoms with Crippen molar-refractivity contribution in [2.45, 2.75) is 45.8 Å².